The average Bonchev–Trinajstić information content (AvgIpc) is 2.14. The van der Waals surface area contributed by atoms with Crippen molar-refractivity contribution in [2.75, 3.05) is 6.54 Å². The van der Waals surface area contributed by atoms with Crippen molar-refractivity contribution in [3.05, 3.63) is 0 Å². The van der Waals surface area contributed by atoms with Crippen LogP contribution in [0.5, 0.6) is 0 Å². The van der Waals surface area contributed by atoms with Gasteiger partial charge in [-0.15, -0.1) is 5.92 Å². The first-order valence-electron chi connectivity index (χ1n) is 4.91. The second-order valence-corrected chi connectivity index (χ2v) is 3.15. The van der Waals surface area contributed by atoms with E-state index in [1.54, 1.807) is 0 Å². The average molecular weight is 163 g/mol. The van der Waals surface area contributed by atoms with E-state index in [1.807, 2.05) is 0 Å². The van der Waals surface area contributed by atoms with E-state index in [9.17, 15) is 0 Å². The van der Waals surface area contributed by atoms with Crippen LogP contribution < -0.4 is 0 Å². The van der Waals surface area contributed by atoms with Gasteiger partial charge >= 0.3 is 0 Å². The lowest BCUT2D eigenvalue weighted by Gasteiger charge is -2.11. The molecule has 0 unspecified atom stereocenters. The topological polar surface area (TPSA) is 12.4 Å². The largest absolute Gasteiger partial charge is 0.281 e. The minimum absolute atomic E-state index is 0.725. The fourth-order valence-corrected chi connectivity index (χ4v) is 1.45. The van der Waals surface area contributed by atoms with Crippen molar-refractivity contribution >= 4 is 5.71 Å². The van der Waals surface area contributed by atoms with Crippen LogP contribution >= 0.6 is 0 Å². The van der Waals surface area contributed by atoms with Gasteiger partial charge in [0.15, 0.2) is 0 Å². The molecule has 0 N–H and O–H groups in total. The fraction of sp³-hybridized carbons (Fsp3) is 0.727. The molecule has 0 aromatic rings. The predicted molar refractivity (Wildman–Crippen MR) is 53.5 cm³/mol. The van der Waals surface area contributed by atoms with E-state index in [1.165, 1.54) is 37.8 Å². The Balaban J connectivity index is 2.25. The summed E-state index contributed by atoms with van der Waals surface area (Å²) in [5, 5.41) is 0. The Kier molecular flexibility index (Phi) is 4.52. The summed E-state index contributed by atoms with van der Waals surface area (Å²) in [7, 11) is 0. The highest BCUT2D eigenvalue weighted by atomic mass is 14.7. The van der Waals surface area contributed by atoms with Crippen molar-refractivity contribution in [3.63, 3.8) is 0 Å². The monoisotopic (exact) mass is 163 g/mol. The van der Waals surface area contributed by atoms with Crippen molar-refractivity contribution in [2.24, 2.45) is 4.99 Å². The first-order valence-corrected chi connectivity index (χ1v) is 4.91. The lowest BCUT2D eigenvalue weighted by molar-refractivity contribution is 0.665. The van der Waals surface area contributed by atoms with Gasteiger partial charge in [0, 0.05) is 12.1 Å². The molecule has 1 heteroatoms. The molecule has 1 aliphatic rings. The maximum atomic E-state index is 4.46. The fourth-order valence-electron chi connectivity index (χ4n) is 1.45. The SMILES string of the molecule is CCC#CCN=C1CCCCC1. The molecule has 1 aliphatic carbocycles. The van der Waals surface area contributed by atoms with Crippen LogP contribution in [0.25, 0.3) is 0 Å². The number of hydrogen-bond donors (Lipinski definition) is 0. The maximum absolute atomic E-state index is 4.46. The molecule has 0 amide bonds. The van der Waals surface area contributed by atoms with Crippen LogP contribution in [0.1, 0.15) is 45.4 Å². The zero-order valence-corrected chi connectivity index (χ0v) is 7.90. The van der Waals surface area contributed by atoms with Gasteiger partial charge in [-0.25, -0.2) is 0 Å². The van der Waals surface area contributed by atoms with E-state index in [-0.39, 0.29) is 0 Å². The normalized spacial score (nSPS) is 16.6. The molecular weight excluding hydrogens is 146 g/mol. The Morgan fingerprint density at radius 3 is 2.58 bits per heavy atom. The van der Waals surface area contributed by atoms with Crippen LogP contribution in [0.4, 0.5) is 0 Å². The smallest absolute Gasteiger partial charge is 0.0996 e. The molecule has 1 fully saturated rings. The molecule has 0 heterocycles. The Bertz CT molecular complexity index is 197. The second-order valence-electron chi connectivity index (χ2n) is 3.15. The van der Waals surface area contributed by atoms with Crippen molar-refractivity contribution in [1.29, 1.82) is 0 Å². The van der Waals surface area contributed by atoms with E-state index >= 15 is 0 Å². The van der Waals surface area contributed by atoms with E-state index < -0.39 is 0 Å². The minimum atomic E-state index is 0.725. The maximum Gasteiger partial charge on any atom is 0.0996 e. The highest BCUT2D eigenvalue weighted by molar-refractivity contribution is 5.85. The summed E-state index contributed by atoms with van der Waals surface area (Å²) >= 11 is 0. The first-order chi connectivity index (χ1) is 5.93. The van der Waals surface area contributed by atoms with E-state index in [0.717, 1.165) is 13.0 Å². The van der Waals surface area contributed by atoms with E-state index in [2.05, 4.69) is 23.8 Å². The summed E-state index contributed by atoms with van der Waals surface area (Å²) in [5.74, 6) is 6.08. The molecule has 12 heavy (non-hydrogen) atoms. The summed E-state index contributed by atoms with van der Waals surface area (Å²) in [4.78, 5) is 4.46. The Morgan fingerprint density at radius 2 is 1.92 bits per heavy atom. The number of nitrogens with zero attached hydrogens (tertiary/aromatic N) is 1. The van der Waals surface area contributed by atoms with E-state index in [0.29, 0.717) is 0 Å². The Hall–Kier alpha value is -0.770. The molecule has 0 saturated heterocycles. The Labute approximate surface area is 75.3 Å². The lowest BCUT2D eigenvalue weighted by Crippen LogP contribution is -2.04. The third-order valence-electron chi connectivity index (χ3n) is 2.11. The van der Waals surface area contributed by atoms with Gasteiger partial charge in [0.1, 0.15) is 0 Å². The van der Waals surface area contributed by atoms with Crippen LogP contribution in [-0.2, 0) is 0 Å². The highest BCUT2D eigenvalue weighted by Crippen LogP contribution is 2.14. The summed E-state index contributed by atoms with van der Waals surface area (Å²) in [6.07, 6.45) is 7.44. The second kappa shape index (κ2) is 5.83. The molecule has 1 nitrogen and oxygen atoms in total. The standard InChI is InChI=1S/C11H17N/c1-2-3-7-10-12-11-8-5-4-6-9-11/h2,4-6,8-10H2,1H3. The zero-order chi connectivity index (χ0) is 8.65. The van der Waals surface area contributed by atoms with Gasteiger partial charge in [0.05, 0.1) is 6.54 Å². The van der Waals surface area contributed by atoms with Crippen LogP contribution in [0, 0.1) is 11.8 Å². The van der Waals surface area contributed by atoms with Gasteiger partial charge in [-0.1, -0.05) is 19.3 Å². The predicted octanol–water partition coefficient (Wildman–Crippen LogP) is 2.80. The molecule has 1 saturated carbocycles. The minimum Gasteiger partial charge on any atom is -0.281 e. The molecule has 0 aromatic heterocycles. The summed E-state index contributed by atoms with van der Waals surface area (Å²) < 4.78 is 0. The third kappa shape index (κ3) is 3.57. The van der Waals surface area contributed by atoms with Gasteiger partial charge in [-0.05, 0) is 25.7 Å². The summed E-state index contributed by atoms with van der Waals surface area (Å²) in [5.41, 5.74) is 1.40. The number of rotatable bonds is 1. The molecule has 0 bridgehead atoms. The van der Waals surface area contributed by atoms with Crippen molar-refractivity contribution in [1.82, 2.24) is 0 Å². The summed E-state index contributed by atoms with van der Waals surface area (Å²) in [6.45, 7) is 2.80. The molecule has 1 rings (SSSR count). The zero-order valence-electron chi connectivity index (χ0n) is 7.90. The van der Waals surface area contributed by atoms with Gasteiger partial charge in [0.25, 0.3) is 0 Å². The van der Waals surface area contributed by atoms with Gasteiger partial charge in [0.2, 0.25) is 0 Å². The number of aliphatic imine (C=N–C) groups is 1. The van der Waals surface area contributed by atoms with Crippen LogP contribution in [-0.4, -0.2) is 12.3 Å². The molecular formula is C11H17N. The molecule has 0 atom stereocenters. The van der Waals surface area contributed by atoms with Crippen LogP contribution in [0.2, 0.25) is 0 Å². The first kappa shape index (κ1) is 9.32. The molecule has 0 aliphatic heterocycles. The quantitative estimate of drug-likeness (QED) is 0.527. The van der Waals surface area contributed by atoms with Gasteiger partial charge < -0.3 is 0 Å². The third-order valence-corrected chi connectivity index (χ3v) is 2.11. The highest BCUT2D eigenvalue weighted by Gasteiger charge is 2.04. The number of hydrogen-bond acceptors (Lipinski definition) is 1. The molecule has 0 spiro atoms. The van der Waals surface area contributed by atoms with E-state index in [4.69, 9.17) is 0 Å². The Morgan fingerprint density at radius 1 is 1.17 bits per heavy atom. The van der Waals surface area contributed by atoms with Gasteiger partial charge in [-0.2, -0.15) is 0 Å². The summed E-state index contributed by atoms with van der Waals surface area (Å²) in [6, 6.07) is 0. The van der Waals surface area contributed by atoms with Gasteiger partial charge in [-0.3, -0.25) is 4.99 Å². The van der Waals surface area contributed by atoms with Crippen LogP contribution in [0.3, 0.4) is 0 Å². The van der Waals surface area contributed by atoms with Crippen molar-refractivity contribution in [3.8, 4) is 11.8 Å². The molecule has 0 aromatic carbocycles. The van der Waals surface area contributed by atoms with Crippen molar-refractivity contribution in [2.45, 2.75) is 45.4 Å². The molecule has 0 radical (unpaired) electrons. The van der Waals surface area contributed by atoms with Crippen molar-refractivity contribution < 1.29 is 0 Å². The lowest BCUT2D eigenvalue weighted by atomic mass is 9.99. The molecule has 66 valence electrons. The van der Waals surface area contributed by atoms with Crippen LogP contribution in [0.15, 0.2) is 4.99 Å².